The molecule has 1 fully saturated rings. The summed E-state index contributed by atoms with van der Waals surface area (Å²) in [6.45, 7) is 1.76. The number of methoxy groups -OCH3 is 1. The highest BCUT2D eigenvalue weighted by Gasteiger charge is 2.39. The van der Waals surface area contributed by atoms with Gasteiger partial charge in [0.1, 0.15) is 5.75 Å². The molecule has 1 aromatic heterocycles. The Kier molecular flexibility index (Phi) is 5.00. The number of carbonyl (C=O) groups is 1. The summed E-state index contributed by atoms with van der Waals surface area (Å²) in [5, 5.41) is 2.84. The highest BCUT2D eigenvalue weighted by Crippen LogP contribution is 2.23. The van der Waals surface area contributed by atoms with Gasteiger partial charge in [0.25, 0.3) is 5.91 Å². The van der Waals surface area contributed by atoms with Crippen LogP contribution in [0.1, 0.15) is 35.0 Å². The van der Waals surface area contributed by atoms with Crippen LogP contribution < -0.4 is 10.1 Å². The van der Waals surface area contributed by atoms with Crippen LogP contribution >= 0.6 is 0 Å². The van der Waals surface area contributed by atoms with E-state index in [2.05, 4.69) is 10.3 Å². The number of ether oxygens (including phenoxy) is 1. The molecular formula is C19H22N2O4S. The van der Waals surface area contributed by atoms with Crippen LogP contribution in [0, 0.1) is 0 Å². The summed E-state index contributed by atoms with van der Waals surface area (Å²) in [7, 11) is -1.44. The van der Waals surface area contributed by atoms with Crippen molar-refractivity contribution in [3.63, 3.8) is 0 Å². The summed E-state index contributed by atoms with van der Waals surface area (Å²) in [5.74, 6) is 0.581. The number of rotatable bonds is 5. The van der Waals surface area contributed by atoms with Crippen molar-refractivity contribution in [2.24, 2.45) is 0 Å². The van der Waals surface area contributed by atoms with Crippen LogP contribution in [0.2, 0.25) is 0 Å². The minimum atomic E-state index is -3.07. The van der Waals surface area contributed by atoms with Gasteiger partial charge in [0.15, 0.2) is 9.84 Å². The lowest BCUT2D eigenvalue weighted by atomic mass is 10.0. The maximum absolute atomic E-state index is 12.4. The van der Waals surface area contributed by atoms with Crippen molar-refractivity contribution < 1.29 is 17.9 Å². The Hall–Kier alpha value is -2.41. The van der Waals surface area contributed by atoms with Gasteiger partial charge in [0.2, 0.25) is 0 Å². The van der Waals surface area contributed by atoms with Gasteiger partial charge < -0.3 is 10.1 Å². The van der Waals surface area contributed by atoms with Crippen molar-refractivity contribution in [2.75, 3.05) is 18.6 Å². The Bertz CT molecular complexity index is 909. The molecule has 2 aromatic rings. The topological polar surface area (TPSA) is 85.4 Å². The van der Waals surface area contributed by atoms with Crippen LogP contribution in [-0.2, 0) is 16.3 Å². The number of nitrogens with one attached hydrogen (secondary N) is 1. The number of amides is 1. The van der Waals surface area contributed by atoms with Gasteiger partial charge in [-0.2, -0.15) is 0 Å². The molecule has 1 unspecified atom stereocenters. The standard InChI is InChI=1S/C19H22N2O4S/c1-19(9-10-26(23,24)13-19)21-18(22)15-7-8-16(20-12-15)11-14-5-3-4-6-17(14)25-2/h3-8,12H,9-11,13H2,1-2H3,(H,21,22). The summed E-state index contributed by atoms with van der Waals surface area (Å²) in [4.78, 5) is 16.8. The minimum Gasteiger partial charge on any atom is -0.496 e. The molecule has 1 aliphatic heterocycles. The molecule has 1 N–H and O–H groups in total. The predicted octanol–water partition coefficient (Wildman–Crippen LogP) is 1.99. The summed E-state index contributed by atoms with van der Waals surface area (Å²) in [6, 6.07) is 11.2. The maximum Gasteiger partial charge on any atom is 0.253 e. The molecule has 2 heterocycles. The molecule has 0 radical (unpaired) electrons. The predicted molar refractivity (Wildman–Crippen MR) is 99.2 cm³/mol. The number of hydrogen-bond acceptors (Lipinski definition) is 5. The molecule has 1 amide bonds. The largest absolute Gasteiger partial charge is 0.496 e. The fraction of sp³-hybridized carbons (Fsp3) is 0.368. The normalized spacial score (nSPS) is 21.3. The first-order valence-corrected chi connectivity index (χ1v) is 10.2. The Morgan fingerprint density at radius 2 is 2.04 bits per heavy atom. The zero-order valence-corrected chi connectivity index (χ0v) is 15.7. The van der Waals surface area contributed by atoms with E-state index in [1.165, 1.54) is 6.20 Å². The summed E-state index contributed by atoms with van der Waals surface area (Å²) < 4.78 is 28.7. The molecular weight excluding hydrogens is 352 g/mol. The number of para-hydroxylation sites is 1. The second kappa shape index (κ2) is 7.07. The van der Waals surface area contributed by atoms with Crippen molar-refractivity contribution in [3.05, 3.63) is 59.4 Å². The first-order chi connectivity index (χ1) is 12.3. The summed E-state index contributed by atoms with van der Waals surface area (Å²) in [5.41, 5.74) is 1.54. The van der Waals surface area contributed by atoms with Gasteiger partial charge in [-0.15, -0.1) is 0 Å². The summed E-state index contributed by atoms with van der Waals surface area (Å²) in [6.07, 6.45) is 2.55. The van der Waals surface area contributed by atoms with Gasteiger partial charge in [-0.1, -0.05) is 18.2 Å². The molecule has 1 aliphatic rings. The zero-order chi connectivity index (χ0) is 18.8. The highest BCUT2D eigenvalue weighted by molar-refractivity contribution is 7.91. The third kappa shape index (κ3) is 4.22. The van der Waals surface area contributed by atoms with E-state index in [1.807, 2.05) is 24.3 Å². The number of benzene rings is 1. The number of carbonyl (C=O) groups excluding carboxylic acids is 1. The Balaban J connectivity index is 1.68. The van der Waals surface area contributed by atoms with Gasteiger partial charge >= 0.3 is 0 Å². The molecule has 1 aromatic carbocycles. The van der Waals surface area contributed by atoms with E-state index in [4.69, 9.17) is 4.74 Å². The highest BCUT2D eigenvalue weighted by atomic mass is 32.2. The lowest BCUT2D eigenvalue weighted by Crippen LogP contribution is -2.46. The average Bonchev–Trinajstić information content (AvgIpc) is 2.88. The SMILES string of the molecule is COc1ccccc1Cc1ccc(C(=O)NC2(C)CCS(=O)(=O)C2)cn1. The molecule has 3 rings (SSSR count). The quantitative estimate of drug-likeness (QED) is 0.865. The van der Waals surface area contributed by atoms with Crippen LogP contribution in [0.4, 0.5) is 0 Å². The van der Waals surface area contributed by atoms with Gasteiger partial charge in [0.05, 0.1) is 29.7 Å². The smallest absolute Gasteiger partial charge is 0.253 e. The van der Waals surface area contributed by atoms with Gasteiger partial charge in [-0.05, 0) is 31.5 Å². The molecule has 0 aliphatic carbocycles. The monoisotopic (exact) mass is 374 g/mol. The van der Waals surface area contributed by atoms with Crippen molar-refractivity contribution in [3.8, 4) is 5.75 Å². The number of hydrogen-bond donors (Lipinski definition) is 1. The minimum absolute atomic E-state index is 0.0228. The van der Waals surface area contributed by atoms with E-state index in [1.54, 1.807) is 26.2 Å². The van der Waals surface area contributed by atoms with Crippen molar-refractivity contribution >= 4 is 15.7 Å². The third-order valence-corrected chi connectivity index (χ3v) is 6.47. The summed E-state index contributed by atoms with van der Waals surface area (Å²) >= 11 is 0. The van der Waals surface area contributed by atoms with Crippen molar-refractivity contribution in [1.82, 2.24) is 10.3 Å². The second-order valence-electron chi connectivity index (χ2n) is 6.88. The molecule has 0 bridgehead atoms. The number of sulfone groups is 1. The van der Waals surface area contributed by atoms with E-state index in [-0.39, 0.29) is 17.4 Å². The molecule has 1 saturated heterocycles. The van der Waals surface area contributed by atoms with Crippen LogP contribution in [0.15, 0.2) is 42.6 Å². The van der Waals surface area contributed by atoms with E-state index in [9.17, 15) is 13.2 Å². The lowest BCUT2D eigenvalue weighted by molar-refractivity contribution is 0.0915. The third-order valence-electron chi connectivity index (χ3n) is 4.57. The molecule has 7 heteroatoms. The van der Waals surface area contributed by atoms with Crippen LogP contribution in [0.25, 0.3) is 0 Å². The molecule has 26 heavy (non-hydrogen) atoms. The molecule has 0 spiro atoms. The first kappa shape index (κ1) is 18.4. The zero-order valence-electron chi connectivity index (χ0n) is 14.9. The fourth-order valence-corrected chi connectivity index (χ4v) is 5.26. The Labute approximate surface area is 153 Å². The fourth-order valence-electron chi connectivity index (χ4n) is 3.16. The van der Waals surface area contributed by atoms with E-state index < -0.39 is 15.4 Å². The van der Waals surface area contributed by atoms with E-state index in [0.717, 1.165) is 17.0 Å². The molecule has 6 nitrogen and oxygen atoms in total. The van der Waals surface area contributed by atoms with E-state index in [0.29, 0.717) is 18.4 Å². The Morgan fingerprint density at radius 1 is 1.27 bits per heavy atom. The molecule has 1 atom stereocenters. The number of aromatic nitrogens is 1. The Morgan fingerprint density at radius 3 is 2.65 bits per heavy atom. The van der Waals surface area contributed by atoms with Crippen LogP contribution in [0.5, 0.6) is 5.75 Å². The van der Waals surface area contributed by atoms with Crippen LogP contribution in [-0.4, -0.2) is 43.5 Å². The first-order valence-electron chi connectivity index (χ1n) is 8.40. The second-order valence-corrected chi connectivity index (χ2v) is 9.07. The lowest BCUT2D eigenvalue weighted by Gasteiger charge is -2.23. The average molecular weight is 374 g/mol. The maximum atomic E-state index is 12.4. The van der Waals surface area contributed by atoms with E-state index >= 15 is 0 Å². The van der Waals surface area contributed by atoms with Crippen molar-refractivity contribution in [1.29, 1.82) is 0 Å². The van der Waals surface area contributed by atoms with Gasteiger partial charge in [0, 0.05) is 23.9 Å². The molecule has 138 valence electrons. The number of pyridine rings is 1. The van der Waals surface area contributed by atoms with Gasteiger partial charge in [-0.3, -0.25) is 9.78 Å². The van der Waals surface area contributed by atoms with Gasteiger partial charge in [-0.25, -0.2) is 8.42 Å². The van der Waals surface area contributed by atoms with Crippen molar-refractivity contribution in [2.45, 2.75) is 25.3 Å². The molecule has 0 saturated carbocycles. The number of nitrogens with zero attached hydrogens (tertiary/aromatic N) is 1. The van der Waals surface area contributed by atoms with Crippen LogP contribution in [0.3, 0.4) is 0 Å².